The number of rotatable bonds is 4. The number of pyridine rings is 2. The van der Waals surface area contributed by atoms with Crippen molar-refractivity contribution >= 4 is 40.0 Å². The quantitative estimate of drug-likeness (QED) is 0.515. The summed E-state index contributed by atoms with van der Waals surface area (Å²) in [6, 6.07) is 15.9. The Morgan fingerprint density at radius 1 is 1.23 bits per heavy atom. The third-order valence-electron chi connectivity index (χ3n) is 5.17. The summed E-state index contributed by atoms with van der Waals surface area (Å²) in [5.74, 6) is 0.762. The Balaban J connectivity index is 1.53. The van der Waals surface area contributed by atoms with Gasteiger partial charge in [-0.3, -0.25) is 9.78 Å². The summed E-state index contributed by atoms with van der Waals surface area (Å²) < 4.78 is 1.08. The van der Waals surface area contributed by atoms with Crippen LogP contribution in [0.15, 0.2) is 54.7 Å². The summed E-state index contributed by atoms with van der Waals surface area (Å²) in [5.41, 5.74) is 3.92. The SMILES string of the molecule is Cc1nc(N2CCN[C@H](C)C2)ccc1C(=O)Nc1ccc(I)c(-c2ccccn2)c1. The molecule has 0 spiro atoms. The highest BCUT2D eigenvalue weighted by Crippen LogP contribution is 2.27. The van der Waals surface area contributed by atoms with E-state index in [1.54, 1.807) is 6.20 Å². The van der Waals surface area contributed by atoms with E-state index in [0.717, 1.165) is 51.7 Å². The summed E-state index contributed by atoms with van der Waals surface area (Å²) >= 11 is 2.29. The molecule has 3 aromatic rings. The Kier molecular flexibility index (Phi) is 6.29. The fourth-order valence-corrected chi connectivity index (χ4v) is 4.24. The number of aromatic nitrogens is 2. The second kappa shape index (κ2) is 9.09. The highest BCUT2D eigenvalue weighted by molar-refractivity contribution is 14.1. The first-order valence-electron chi connectivity index (χ1n) is 9.99. The first-order valence-corrected chi connectivity index (χ1v) is 11.1. The van der Waals surface area contributed by atoms with Gasteiger partial charge < -0.3 is 15.5 Å². The first-order chi connectivity index (χ1) is 14.5. The molecule has 1 atom stereocenters. The molecule has 1 aliphatic rings. The Labute approximate surface area is 190 Å². The summed E-state index contributed by atoms with van der Waals surface area (Å²) in [6.45, 7) is 6.83. The summed E-state index contributed by atoms with van der Waals surface area (Å²) in [6.07, 6.45) is 1.77. The number of carbonyl (C=O) groups excluding carboxylic acids is 1. The van der Waals surface area contributed by atoms with E-state index >= 15 is 0 Å². The minimum atomic E-state index is -0.159. The number of piperazine rings is 1. The number of anilines is 2. The molecule has 1 fully saturated rings. The number of amides is 1. The summed E-state index contributed by atoms with van der Waals surface area (Å²) in [5, 5.41) is 6.44. The minimum absolute atomic E-state index is 0.159. The van der Waals surface area contributed by atoms with Crippen LogP contribution in [0.4, 0.5) is 11.5 Å². The fraction of sp³-hybridized carbons (Fsp3) is 0.261. The lowest BCUT2D eigenvalue weighted by Gasteiger charge is -2.33. The fourth-order valence-electron chi connectivity index (χ4n) is 3.62. The number of hydrogen-bond donors (Lipinski definition) is 2. The molecule has 0 saturated carbocycles. The molecule has 0 radical (unpaired) electrons. The van der Waals surface area contributed by atoms with Gasteiger partial charge in [-0.15, -0.1) is 0 Å². The van der Waals surface area contributed by atoms with E-state index < -0.39 is 0 Å². The molecule has 6 nitrogen and oxygen atoms in total. The largest absolute Gasteiger partial charge is 0.354 e. The Hall–Kier alpha value is -2.52. The van der Waals surface area contributed by atoms with Crippen LogP contribution >= 0.6 is 22.6 Å². The van der Waals surface area contributed by atoms with Gasteiger partial charge in [0.1, 0.15) is 5.82 Å². The van der Waals surface area contributed by atoms with Gasteiger partial charge in [0.05, 0.1) is 17.0 Å². The lowest BCUT2D eigenvalue weighted by Crippen LogP contribution is -2.49. The van der Waals surface area contributed by atoms with Crippen molar-refractivity contribution in [3.05, 3.63) is 69.6 Å². The molecule has 0 bridgehead atoms. The molecule has 154 valence electrons. The van der Waals surface area contributed by atoms with E-state index in [1.165, 1.54) is 0 Å². The van der Waals surface area contributed by atoms with E-state index in [4.69, 9.17) is 4.98 Å². The molecule has 0 aliphatic carbocycles. The van der Waals surface area contributed by atoms with Crippen LogP contribution in [-0.4, -0.2) is 41.6 Å². The highest BCUT2D eigenvalue weighted by Gasteiger charge is 2.19. The van der Waals surface area contributed by atoms with Crippen LogP contribution in [0.2, 0.25) is 0 Å². The average Bonchev–Trinajstić information content (AvgIpc) is 2.75. The molecular formula is C23H24IN5O. The molecule has 1 saturated heterocycles. The monoisotopic (exact) mass is 513 g/mol. The maximum atomic E-state index is 12.9. The van der Waals surface area contributed by atoms with Crippen molar-refractivity contribution in [1.82, 2.24) is 15.3 Å². The molecule has 1 amide bonds. The van der Waals surface area contributed by atoms with Crippen LogP contribution in [0.1, 0.15) is 23.0 Å². The minimum Gasteiger partial charge on any atom is -0.354 e. The third-order valence-corrected chi connectivity index (χ3v) is 6.11. The Bertz CT molecular complexity index is 1060. The van der Waals surface area contributed by atoms with Gasteiger partial charge in [-0.1, -0.05) is 6.07 Å². The average molecular weight is 513 g/mol. The van der Waals surface area contributed by atoms with Crippen molar-refractivity contribution in [2.75, 3.05) is 29.9 Å². The normalized spacial score (nSPS) is 16.4. The molecule has 3 heterocycles. The van der Waals surface area contributed by atoms with Crippen molar-refractivity contribution in [2.45, 2.75) is 19.9 Å². The van der Waals surface area contributed by atoms with Gasteiger partial charge in [0, 0.05) is 46.7 Å². The zero-order valence-corrected chi connectivity index (χ0v) is 19.2. The van der Waals surface area contributed by atoms with Crippen molar-refractivity contribution in [3.63, 3.8) is 0 Å². The molecule has 2 aromatic heterocycles. The van der Waals surface area contributed by atoms with E-state index in [2.05, 4.69) is 50.0 Å². The van der Waals surface area contributed by atoms with Gasteiger partial charge in [0.15, 0.2) is 0 Å². The predicted molar refractivity (Wildman–Crippen MR) is 129 cm³/mol. The van der Waals surface area contributed by atoms with E-state index in [-0.39, 0.29) is 5.91 Å². The second-order valence-electron chi connectivity index (χ2n) is 7.47. The number of carbonyl (C=O) groups is 1. The van der Waals surface area contributed by atoms with E-state index in [1.807, 2.05) is 55.5 Å². The molecule has 1 aliphatic heterocycles. The van der Waals surface area contributed by atoms with Crippen LogP contribution in [0, 0.1) is 10.5 Å². The van der Waals surface area contributed by atoms with Gasteiger partial charge >= 0.3 is 0 Å². The molecule has 4 rings (SSSR count). The number of hydrogen-bond acceptors (Lipinski definition) is 5. The van der Waals surface area contributed by atoms with E-state index in [9.17, 15) is 4.79 Å². The van der Waals surface area contributed by atoms with Crippen LogP contribution in [-0.2, 0) is 0 Å². The topological polar surface area (TPSA) is 70.2 Å². The van der Waals surface area contributed by atoms with Gasteiger partial charge in [-0.2, -0.15) is 0 Å². The number of benzene rings is 1. The van der Waals surface area contributed by atoms with E-state index in [0.29, 0.717) is 11.6 Å². The van der Waals surface area contributed by atoms with Crippen molar-refractivity contribution in [3.8, 4) is 11.3 Å². The zero-order valence-electron chi connectivity index (χ0n) is 17.0. The van der Waals surface area contributed by atoms with Gasteiger partial charge in [0.2, 0.25) is 0 Å². The number of halogens is 1. The van der Waals surface area contributed by atoms with Crippen molar-refractivity contribution in [1.29, 1.82) is 0 Å². The molecular weight excluding hydrogens is 489 g/mol. The number of nitrogens with one attached hydrogen (secondary N) is 2. The lowest BCUT2D eigenvalue weighted by molar-refractivity contribution is 0.102. The number of nitrogens with zero attached hydrogens (tertiary/aromatic N) is 3. The molecule has 2 N–H and O–H groups in total. The second-order valence-corrected chi connectivity index (χ2v) is 8.63. The molecule has 7 heteroatoms. The van der Waals surface area contributed by atoms with Crippen LogP contribution in [0.3, 0.4) is 0 Å². The smallest absolute Gasteiger partial charge is 0.257 e. The lowest BCUT2D eigenvalue weighted by atomic mass is 10.1. The van der Waals surface area contributed by atoms with Crippen LogP contribution in [0.25, 0.3) is 11.3 Å². The van der Waals surface area contributed by atoms with Crippen LogP contribution in [0.5, 0.6) is 0 Å². The first kappa shape index (κ1) is 20.7. The summed E-state index contributed by atoms with van der Waals surface area (Å²) in [4.78, 5) is 24.3. The maximum Gasteiger partial charge on any atom is 0.257 e. The standard InChI is InChI=1S/C23H24IN5O/c1-15-14-29(12-11-25-15)22-9-7-18(16(2)27-22)23(30)28-17-6-8-20(24)19(13-17)21-5-3-4-10-26-21/h3-10,13,15,25H,11-12,14H2,1-2H3,(H,28,30)/t15-/m1/s1. The van der Waals surface area contributed by atoms with Crippen molar-refractivity contribution < 1.29 is 4.79 Å². The molecule has 30 heavy (non-hydrogen) atoms. The molecule has 1 aromatic carbocycles. The van der Waals surface area contributed by atoms with Crippen molar-refractivity contribution in [2.24, 2.45) is 0 Å². The van der Waals surface area contributed by atoms with Gasteiger partial charge in [0.25, 0.3) is 5.91 Å². The number of aryl methyl sites for hydroxylation is 1. The summed E-state index contributed by atoms with van der Waals surface area (Å²) in [7, 11) is 0. The third kappa shape index (κ3) is 4.62. The Morgan fingerprint density at radius 2 is 2.10 bits per heavy atom. The van der Waals surface area contributed by atoms with Crippen LogP contribution < -0.4 is 15.5 Å². The van der Waals surface area contributed by atoms with Gasteiger partial charge in [-0.05, 0) is 78.9 Å². The maximum absolute atomic E-state index is 12.9. The van der Waals surface area contributed by atoms with Gasteiger partial charge in [-0.25, -0.2) is 4.98 Å². The zero-order chi connectivity index (χ0) is 21.1. The Morgan fingerprint density at radius 3 is 2.83 bits per heavy atom. The molecule has 0 unspecified atom stereocenters. The predicted octanol–water partition coefficient (Wildman–Crippen LogP) is 4.11. The highest BCUT2D eigenvalue weighted by atomic mass is 127.